The molecule has 1 aliphatic heterocycles. The minimum Gasteiger partial charge on any atom is -0.369 e. The lowest BCUT2D eigenvalue weighted by molar-refractivity contribution is -0.0136. The van der Waals surface area contributed by atoms with E-state index in [2.05, 4.69) is 23.3 Å². The van der Waals surface area contributed by atoms with Crippen LogP contribution in [0.25, 0.3) is 0 Å². The first-order valence-corrected chi connectivity index (χ1v) is 9.13. The molecule has 3 heterocycles. The molecule has 0 aliphatic carbocycles. The Morgan fingerprint density at radius 3 is 3.18 bits per heavy atom. The number of nitrogens with one attached hydrogen (secondary N) is 1. The van der Waals surface area contributed by atoms with Crippen LogP contribution in [0.15, 0.2) is 22.9 Å². The third-order valence-electron chi connectivity index (χ3n) is 3.54. The third kappa shape index (κ3) is 3.66. The number of aryl methyl sites for hydroxylation is 1. The number of amides is 2. The standard InChI is InChI=1S/C15H19N3O2S2/c1-2-14-17-11(10-22-14)8-16-15(19)18-5-6-20-12(9-18)13-4-3-7-21-13/h3-4,7,10,12H,2,5-6,8-9H2,1H3,(H,16,19)/t12-/m1/s1. The monoisotopic (exact) mass is 337 g/mol. The molecule has 5 nitrogen and oxygen atoms in total. The van der Waals surface area contributed by atoms with Gasteiger partial charge in [-0.1, -0.05) is 13.0 Å². The van der Waals surface area contributed by atoms with Crippen LogP contribution in [0.1, 0.15) is 28.6 Å². The Hall–Kier alpha value is -1.44. The minimum absolute atomic E-state index is 0.00883. The number of urea groups is 1. The Balaban J connectivity index is 1.53. The highest BCUT2D eigenvalue weighted by Crippen LogP contribution is 2.26. The summed E-state index contributed by atoms with van der Waals surface area (Å²) in [4.78, 5) is 19.8. The van der Waals surface area contributed by atoms with E-state index in [1.165, 1.54) is 4.88 Å². The van der Waals surface area contributed by atoms with Crippen LogP contribution in [-0.2, 0) is 17.7 Å². The molecule has 0 unspecified atom stereocenters. The van der Waals surface area contributed by atoms with Gasteiger partial charge in [-0.25, -0.2) is 9.78 Å². The smallest absolute Gasteiger partial charge is 0.317 e. The van der Waals surface area contributed by atoms with Gasteiger partial charge in [-0.2, -0.15) is 0 Å². The van der Waals surface area contributed by atoms with Gasteiger partial charge in [0.1, 0.15) is 6.10 Å². The minimum atomic E-state index is -0.0455. The fourth-order valence-electron chi connectivity index (χ4n) is 2.35. The maximum absolute atomic E-state index is 12.3. The van der Waals surface area contributed by atoms with Crippen molar-refractivity contribution in [3.63, 3.8) is 0 Å². The summed E-state index contributed by atoms with van der Waals surface area (Å²) in [6.07, 6.45) is 0.926. The molecule has 1 atom stereocenters. The van der Waals surface area contributed by atoms with Crippen LogP contribution in [0.4, 0.5) is 4.79 Å². The van der Waals surface area contributed by atoms with Crippen molar-refractivity contribution >= 4 is 28.7 Å². The number of ether oxygens (including phenoxy) is 1. The Morgan fingerprint density at radius 1 is 1.55 bits per heavy atom. The summed E-state index contributed by atoms with van der Waals surface area (Å²) in [6, 6.07) is 4.02. The number of hydrogen-bond donors (Lipinski definition) is 1. The zero-order valence-corrected chi connectivity index (χ0v) is 14.1. The van der Waals surface area contributed by atoms with Gasteiger partial charge in [0.05, 0.1) is 30.4 Å². The van der Waals surface area contributed by atoms with Crippen LogP contribution in [0, 0.1) is 0 Å². The predicted molar refractivity (Wildman–Crippen MR) is 88.3 cm³/mol. The molecule has 0 spiro atoms. The second-order valence-corrected chi connectivity index (χ2v) is 6.99. The molecule has 0 bridgehead atoms. The van der Waals surface area contributed by atoms with Gasteiger partial charge >= 0.3 is 6.03 Å². The summed E-state index contributed by atoms with van der Waals surface area (Å²) in [5.41, 5.74) is 0.929. The molecular formula is C15H19N3O2S2. The van der Waals surface area contributed by atoms with Crippen molar-refractivity contribution in [2.45, 2.75) is 26.0 Å². The number of aromatic nitrogens is 1. The maximum Gasteiger partial charge on any atom is 0.317 e. The summed E-state index contributed by atoms with van der Waals surface area (Å²) in [7, 11) is 0. The predicted octanol–water partition coefficient (Wildman–Crippen LogP) is 3.05. The molecule has 2 aromatic heterocycles. The quantitative estimate of drug-likeness (QED) is 0.933. The summed E-state index contributed by atoms with van der Waals surface area (Å²) in [5, 5.41) is 8.10. The molecule has 1 saturated heterocycles. The molecule has 1 N–H and O–H groups in total. The van der Waals surface area contributed by atoms with Crippen LogP contribution in [0.3, 0.4) is 0 Å². The second-order valence-electron chi connectivity index (χ2n) is 5.07. The Morgan fingerprint density at radius 2 is 2.45 bits per heavy atom. The second kappa shape index (κ2) is 7.21. The summed E-state index contributed by atoms with van der Waals surface area (Å²) in [6.45, 7) is 4.37. The first-order chi connectivity index (χ1) is 10.8. The zero-order chi connectivity index (χ0) is 15.4. The molecule has 0 radical (unpaired) electrons. The Bertz CT molecular complexity index is 612. The fourth-order valence-corrected chi connectivity index (χ4v) is 3.86. The van der Waals surface area contributed by atoms with Crippen LogP contribution >= 0.6 is 22.7 Å². The van der Waals surface area contributed by atoms with Gasteiger partial charge in [-0.05, 0) is 17.9 Å². The van der Waals surface area contributed by atoms with Crippen LogP contribution in [0.2, 0.25) is 0 Å². The first kappa shape index (κ1) is 15.5. The normalized spacial score (nSPS) is 18.4. The highest BCUT2D eigenvalue weighted by molar-refractivity contribution is 7.10. The first-order valence-electron chi connectivity index (χ1n) is 7.37. The summed E-state index contributed by atoms with van der Waals surface area (Å²) >= 11 is 3.31. The highest BCUT2D eigenvalue weighted by atomic mass is 32.1. The Labute approximate surface area is 137 Å². The van der Waals surface area contributed by atoms with E-state index in [-0.39, 0.29) is 12.1 Å². The molecular weight excluding hydrogens is 318 g/mol. The van der Waals surface area contributed by atoms with Crippen molar-refractivity contribution in [2.75, 3.05) is 19.7 Å². The SMILES string of the molecule is CCc1nc(CNC(=O)N2CCO[C@@H](c3cccs3)C2)cs1. The van der Waals surface area contributed by atoms with E-state index in [0.29, 0.717) is 26.2 Å². The van der Waals surface area contributed by atoms with Gasteiger partial charge < -0.3 is 15.0 Å². The van der Waals surface area contributed by atoms with Gasteiger partial charge in [0.2, 0.25) is 0 Å². The lowest BCUT2D eigenvalue weighted by atomic mass is 10.2. The van der Waals surface area contributed by atoms with E-state index >= 15 is 0 Å². The van der Waals surface area contributed by atoms with Crippen molar-refractivity contribution in [2.24, 2.45) is 0 Å². The van der Waals surface area contributed by atoms with Gasteiger partial charge in [0.15, 0.2) is 0 Å². The molecule has 3 rings (SSSR count). The largest absolute Gasteiger partial charge is 0.369 e. The molecule has 0 saturated carbocycles. The van der Waals surface area contributed by atoms with Crippen molar-refractivity contribution in [1.29, 1.82) is 0 Å². The Kier molecular flexibility index (Phi) is 5.07. The number of carbonyl (C=O) groups is 1. The van der Waals surface area contributed by atoms with Crippen molar-refractivity contribution in [3.05, 3.63) is 38.5 Å². The van der Waals surface area contributed by atoms with Crippen molar-refractivity contribution < 1.29 is 9.53 Å². The molecule has 2 amide bonds. The lowest BCUT2D eigenvalue weighted by Crippen LogP contribution is -2.46. The number of hydrogen-bond acceptors (Lipinski definition) is 5. The van der Waals surface area contributed by atoms with E-state index in [1.54, 1.807) is 22.7 Å². The fraction of sp³-hybridized carbons (Fsp3) is 0.467. The number of morpholine rings is 1. The van der Waals surface area contributed by atoms with E-state index < -0.39 is 0 Å². The van der Waals surface area contributed by atoms with Crippen LogP contribution < -0.4 is 5.32 Å². The summed E-state index contributed by atoms with van der Waals surface area (Å²) in [5.74, 6) is 0. The number of carbonyl (C=O) groups excluding carboxylic acids is 1. The topological polar surface area (TPSA) is 54.5 Å². The molecule has 0 aromatic carbocycles. The molecule has 1 fully saturated rings. The van der Waals surface area contributed by atoms with Gasteiger partial charge in [-0.15, -0.1) is 22.7 Å². The van der Waals surface area contributed by atoms with E-state index in [9.17, 15) is 4.79 Å². The van der Waals surface area contributed by atoms with E-state index in [4.69, 9.17) is 4.74 Å². The molecule has 7 heteroatoms. The average Bonchev–Trinajstić information content (AvgIpc) is 3.24. The van der Waals surface area contributed by atoms with Crippen molar-refractivity contribution in [1.82, 2.24) is 15.2 Å². The molecule has 22 heavy (non-hydrogen) atoms. The molecule has 1 aliphatic rings. The molecule has 2 aromatic rings. The molecule has 118 valence electrons. The lowest BCUT2D eigenvalue weighted by Gasteiger charge is -2.32. The van der Waals surface area contributed by atoms with E-state index in [0.717, 1.165) is 17.1 Å². The van der Waals surface area contributed by atoms with Crippen LogP contribution in [-0.4, -0.2) is 35.6 Å². The number of thiazole rings is 1. The summed E-state index contributed by atoms with van der Waals surface area (Å²) < 4.78 is 5.76. The third-order valence-corrected chi connectivity index (χ3v) is 5.54. The number of nitrogens with zero attached hydrogens (tertiary/aromatic N) is 2. The van der Waals surface area contributed by atoms with Gasteiger partial charge in [0, 0.05) is 16.8 Å². The van der Waals surface area contributed by atoms with E-state index in [1.807, 2.05) is 21.7 Å². The number of thiophene rings is 1. The van der Waals surface area contributed by atoms with Gasteiger partial charge in [0.25, 0.3) is 0 Å². The van der Waals surface area contributed by atoms with Crippen molar-refractivity contribution in [3.8, 4) is 0 Å². The maximum atomic E-state index is 12.3. The zero-order valence-electron chi connectivity index (χ0n) is 12.4. The average molecular weight is 337 g/mol. The highest BCUT2D eigenvalue weighted by Gasteiger charge is 2.25. The van der Waals surface area contributed by atoms with Crippen LogP contribution in [0.5, 0.6) is 0 Å². The number of rotatable bonds is 4. The van der Waals surface area contributed by atoms with Gasteiger partial charge in [-0.3, -0.25) is 0 Å².